The molecule has 2 nitrogen and oxygen atoms in total. The van der Waals surface area contributed by atoms with Gasteiger partial charge in [-0.3, -0.25) is 4.79 Å². The van der Waals surface area contributed by atoms with Crippen LogP contribution in [0.5, 0.6) is 5.75 Å². The Morgan fingerprint density at radius 1 is 1.05 bits per heavy atom. The standard InChI is InChI=1S/C17H16O2/c1-12-4-2-5-13(10-12)17(18)14-6-3-7-16(11-14)19-15-8-9-15/h2-7,10-11,15H,8-9H2,1H3. The first kappa shape index (κ1) is 12.0. The molecule has 2 aromatic rings. The monoisotopic (exact) mass is 252 g/mol. The minimum atomic E-state index is 0.0462. The molecule has 0 atom stereocenters. The van der Waals surface area contributed by atoms with Crippen LogP contribution < -0.4 is 4.74 Å². The van der Waals surface area contributed by atoms with Crippen molar-refractivity contribution < 1.29 is 9.53 Å². The number of hydrogen-bond acceptors (Lipinski definition) is 2. The third-order valence-corrected chi connectivity index (χ3v) is 3.20. The molecule has 0 aliphatic heterocycles. The predicted octanol–water partition coefficient (Wildman–Crippen LogP) is 3.77. The van der Waals surface area contributed by atoms with Crippen LogP contribution in [0.4, 0.5) is 0 Å². The van der Waals surface area contributed by atoms with E-state index >= 15 is 0 Å². The molecule has 0 bridgehead atoms. The zero-order chi connectivity index (χ0) is 13.2. The number of ether oxygens (including phenoxy) is 1. The Balaban J connectivity index is 1.86. The fraction of sp³-hybridized carbons (Fsp3) is 0.235. The molecule has 0 unspecified atom stereocenters. The number of carbonyl (C=O) groups excluding carboxylic acids is 1. The molecule has 96 valence electrons. The summed E-state index contributed by atoms with van der Waals surface area (Å²) in [6.45, 7) is 1.99. The van der Waals surface area contributed by atoms with Gasteiger partial charge < -0.3 is 4.74 Å². The molecule has 0 aromatic heterocycles. The Kier molecular flexibility index (Phi) is 3.08. The molecule has 2 heteroatoms. The van der Waals surface area contributed by atoms with E-state index in [0.717, 1.165) is 29.7 Å². The molecule has 0 N–H and O–H groups in total. The van der Waals surface area contributed by atoms with Gasteiger partial charge in [0.25, 0.3) is 0 Å². The highest BCUT2D eigenvalue weighted by molar-refractivity contribution is 6.09. The largest absolute Gasteiger partial charge is 0.490 e. The van der Waals surface area contributed by atoms with Crippen molar-refractivity contribution in [3.05, 3.63) is 65.2 Å². The van der Waals surface area contributed by atoms with Gasteiger partial charge >= 0.3 is 0 Å². The second kappa shape index (κ2) is 4.88. The van der Waals surface area contributed by atoms with Crippen molar-refractivity contribution in [2.75, 3.05) is 0 Å². The lowest BCUT2D eigenvalue weighted by Crippen LogP contribution is -2.03. The van der Waals surface area contributed by atoms with Crippen LogP contribution in [0.3, 0.4) is 0 Å². The van der Waals surface area contributed by atoms with Gasteiger partial charge in [-0.05, 0) is 38.0 Å². The van der Waals surface area contributed by atoms with Crippen molar-refractivity contribution in [3.63, 3.8) is 0 Å². The van der Waals surface area contributed by atoms with Crippen molar-refractivity contribution >= 4 is 5.78 Å². The maximum atomic E-state index is 12.4. The van der Waals surface area contributed by atoms with Crippen LogP contribution in [0.1, 0.15) is 34.3 Å². The summed E-state index contributed by atoms with van der Waals surface area (Å²) in [4.78, 5) is 12.4. The van der Waals surface area contributed by atoms with Gasteiger partial charge in [-0.15, -0.1) is 0 Å². The summed E-state index contributed by atoms with van der Waals surface area (Å²) >= 11 is 0. The van der Waals surface area contributed by atoms with Crippen molar-refractivity contribution in [2.45, 2.75) is 25.9 Å². The summed E-state index contributed by atoms with van der Waals surface area (Å²) < 4.78 is 5.72. The number of rotatable bonds is 4. The summed E-state index contributed by atoms with van der Waals surface area (Å²) in [5.74, 6) is 0.839. The van der Waals surface area contributed by atoms with Crippen LogP contribution in [0, 0.1) is 6.92 Å². The molecule has 3 rings (SSSR count). The Labute approximate surface area is 113 Å². The molecule has 2 aromatic carbocycles. The third kappa shape index (κ3) is 2.84. The maximum Gasteiger partial charge on any atom is 0.193 e. The highest BCUT2D eigenvalue weighted by Gasteiger charge is 2.23. The van der Waals surface area contributed by atoms with Crippen LogP contribution in [0.15, 0.2) is 48.5 Å². The summed E-state index contributed by atoms with van der Waals surface area (Å²) in [5.41, 5.74) is 2.50. The fourth-order valence-corrected chi connectivity index (χ4v) is 2.04. The van der Waals surface area contributed by atoms with Crippen LogP contribution in [0.2, 0.25) is 0 Å². The van der Waals surface area contributed by atoms with Gasteiger partial charge in [-0.25, -0.2) is 0 Å². The van der Waals surface area contributed by atoms with E-state index in [1.54, 1.807) is 0 Å². The van der Waals surface area contributed by atoms with Gasteiger partial charge in [0.15, 0.2) is 5.78 Å². The van der Waals surface area contributed by atoms with Gasteiger partial charge in [0.1, 0.15) is 5.75 Å². The van der Waals surface area contributed by atoms with Crippen LogP contribution in [-0.4, -0.2) is 11.9 Å². The SMILES string of the molecule is Cc1cccc(C(=O)c2cccc(OC3CC3)c2)c1. The zero-order valence-electron chi connectivity index (χ0n) is 10.9. The number of aryl methyl sites for hydroxylation is 1. The molecule has 19 heavy (non-hydrogen) atoms. The molecule has 0 heterocycles. The van der Waals surface area contributed by atoms with E-state index in [4.69, 9.17) is 4.74 Å². The summed E-state index contributed by atoms with van der Waals surface area (Å²) in [6, 6.07) is 15.1. The van der Waals surface area contributed by atoms with E-state index in [9.17, 15) is 4.79 Å². The van der Waals surface area contributed by atoms with Crippen molar-refractivity contribution in [1.29, 1.82) is 0 Å². The summed E-state index contributed by atoms with van der Waals surface area (Å²) in [5, 5.41) is 0. The molecule has 0 amide bonds. The molecule has 1 saturated carbocycles. The Morgan fingerprint density at radius 3 is 2.42 bits per heavy atom. The minimum absolute atomic E-state index is 0.0462. The second-order valence-electron chi connectivity index (χ2n) is 5.04. The number of benzene rings is 2. The van der Waals surface area contributed by atoms with E-state index in [1.807, 2.05) is 55.5 Å². The van der Waals surface area contributed by atoms with Crippen molar-refractivity contribution in [1.82, 2.24) is 0 Å². The van der Waals surface area contributed by atoms with E-state index in [0.29, 0.717) is 11.7 Å². The average Bonchev–Trinajstić information content (AvgIpc) is 3.22. The third-order valence-electron chi connectivity index (χ3n) is 3.20. The van der Waals surface area contributed by atoms with E-state index in [2.05, 4.69) is 0 Å². The second-order valence-corrected chi connectivity index (χ2v) is 5.04. The minimum Gasteiger partial charge on any atom is -0.490 e. The lowest BCUT2D eigenvalue weighted by molar-refractivity contribution is 0.103. The Bertz CT molecular complexity index is 612. The van der Waals surface area contributed by atoms with Gasteiger partial charge in [-0.1, -0.05) is 35.9 Å². The smallest absolute Gasteiger partial charge is 0.193 e. The Hall–Kier alpha value is -2.09. The molecule has 1 aliphatic carbocycles. The highest BCUT2D eigenvalue weighted by atomic mass is 16.5. The van der Waals surface area contributed by atoms with Gasteiger partial charge in [0.05, 0.1) is 6.10 Å². The number of ketones is 1. The van der Waals surface area contributed by atoms with E-state index < -0.39 is 0 Å². The first-order valence-electron chi connectivity index (χ1n) is 6.60. The molecule has 0 spiro atoms. The first-order chi connectivity index (χ1) is 9.22. The lowest BCUT2D eigenvalue weighted by Gasteiger charge is -2.07. The predicted molar refractivity (Wildman–Crippen MR) is 74.7 cm³/mol. The highest BCUT2D eigenvalue weighted by Crippen LogP contribution is 2.27. The van der Waals surface area contributed by atoms with E-state index in [-0.39, 0.29) is 5.78 Å². The van der Waals surface area contributed by atoms with Crippen molar-refractivity contribution in [2.24, 2.45) is 0 Å². The molecule has 1 aliphatic rings. The quantitative estimate of drug-likeness (QED) is 0.774. The van der Waals surface area contributed by atoms with E-state index in [1.165, 1.54) is 0 Å². The summed E-state index contributed by atoms with van der Waals surface area (Å²) in [7, 11) is 0. The molecule has 0 radical (unpaired) electrons. The van der Waals surface area contributed by atoms with Crippen LogP contribution in [-0.2, 0) is 0 Å². The zero-order valence-corrected chi connectivity index (χ0v) is 10.9. The first-order valence-corrected chi connectivity index (χ1v) is 6.60. The van der Waals surface area contributed by atoms with Gasteiger partial charge in [0.2, 0.25) is 0 Å². The number of carbonyl (C=O) groups is 1. The molecular formula is C17H16O2. The fourth-order valence-electron chi connectivity index (χ4n) is 2.04. The normalized spacial score (nSPS) is 14.2. The number of hydrogen-bond donors (Lipinski definition) is 0. The van der Waals surface area contributed by atoms with Crippen LogP contribution >= 0.6 is 0 Å². The molecule has 0 saturated heterocycles. The topological polar surface area (TPSA) is 26.3 Å². The maximum absolute atomic E-state index is 12.4. The Morgan fingerprint density at radius 2 is 1.74 bits per heavy atom. The molecule has 1 fully saturated rings. The van der Waals surface area contributed by atoms with Crippen molar-refractivity contribution in [3.8, 4) is 5.75 Å². The van der Waals surface area contributed by atoms with Crippen LogP contribution in [0.25, 0.3) is 0 Å². The van der Waals surface area contributed by atoms with Gasteiger partial charge in [0, 0.05) is 11.1 Å². The van der Waals surface area contributed by atoms with Gasteiger partial charge in [-0.2, -0.15) is 0 Å². The lowest BCUT2D eigenvalue weighted by atomic mass is 10.0. The molecular weight excluding hydrogens is 236 g/mol. The summed E-state index contributed by atoms with van der Waals surface area (Å²) in [6.07, 6.45) is 2.59. The average molecular weight is 252 g/mol.